The first-order chi connectivity index (χ1) is 12.1. The number of carbonyl (C=O) groups excluding carboxylic acids is 1. The number of H-pyrrole nitrogens is 1. The molecule has 0 radical (unpaired) electrons. The number of fused-ring (bicyclic) bond motifs is 2. The fourth-order valence-electron chi connectivity index (χ4n) is 4.22. The van der Waals surface area contributed by atoms with Crippen LogP contribution in [-0.4, -0.2) is 68.9 Å². The second-order valence-electron chi connectivity index (χ2n) is 6.67. The molecule has 1 amide bonds. The number of amides is 1. The molecule has 0 unspecified atom stereocenters. The van der Waals surface area contributed by atoms with Crippen molar-refractivity contribution in [3.63, 3.8) is 0 Å². The minimum atomic E-state index is -0.443. The van der Waals surface area contributed by atoms with Gasteiger partial charge in [0.05, 0.1) is 17.7 Å². The number of hydrogen-bond donors (Lipinski definition) is 1. The lowest BCUT2D eigenvalue weighted by molar-refractivity contribution is -0.0893. The zero-order valence-corrected chi connectivity index (χ0v) is 14.3. The third kappa shape index (κ3) is 2.37. The van der Waals surface area contributed by atoms with Crippen LogP contribution in [-0.2, 0) is 9.47 Å². The molecule has 2 aromatic heterocycles. The van der Waals surface area contributed by atoms with Crippen molar-refractivity contribution in [1.29, 1.82) is 0 Å². The number of nitrogens with one attached hydrogen (secondary N) is 1. The number of aromatic amines is 1. The first kappa shape index (κ1) is 16.2. The van der Waals surface area contributed by atoms with Gasteiger partial charge in [0.25, 0.3) is 17.2 Å². The van der Waals surface area contributed by atoms with E-state index >= 15 is 0 Å². The lowest BCUT2D eigenvalue weighted by Crippen LogP contribution is -2.53. The number of nitrogens with zero attached hydrogens (tertiary/aromatic N) is 4. The van der Waals surface area contributed by atoms with Crippen LogP contribution in [0.5, 0.6) is 0 Å². The van der Waals surface area contributed by atoms with Crippen molar-refractivity contribution >= 4 is 11.7 Å². The topological polar surface area (TPSA) is 102 Å². The van der Waals surface area contributed by atoms with Crippen molar-refractivity contribution in [2.24, 2.45) is 0 Å². The van der Waals surface area contributed by atoms with Gasteiger partial charge < -0.3 is 14.4 Å². The highest BCUT2D eigenvalue weighted by atomic mass is 16.5. The molecule has 1 aliphatic carbocycles. The maximum absolute atomic E-state index is 13.1. The monoisotopic (exact) mass is 347 g/mol. The largest absolute Gasteiger partial charge is 0.381 e. The zero-order chi connectivity index (χ0) is 17.6. The highest BCUT2D eigenvalue weighted by Crippen LogP contribution is 2.43. The van der Waals surface area contributed by atoms with E-state index in [1.165, 1.54) is 17.0 Å². The summed E-state index contributed by atoms with van der Waals surface area (Å²) in [6.07, 6.45) is 5.99. The number of likely N-dealkylation sites (tertiary alicyclic amines) is 1. The molecule has 9 nitrogen and oxygen atoms in total. The third-order valence-corrected chi connectivity index (χ3v) is 5.68. The second kappa shape index (κ2) is 5.92. The smallest absolute Gasteiger partial charge is 0.286 e. The summed E-state index contributed by atoms with van der Waals surface area (Å²) in [7, 11) is 3.38. The molecule has 0 spiro atoms. The molecule has 1 N–H and O–H groups in total. The van der Waals surface area contributed by atoms with E-state index in [4.69, 9.17) is 9.47 Å². The molecule has 1 saturated carbocycles. The van der Waals surface area contributed by atoms with E-state index in [2.05, 4.69) is 15.1 Å². The van der Waals surface area contributed by atoms with E-state index in [1.807, 2.05) is 0 Å². The van der Waals surface area contributed by atoms with Crippen LogP contribution in [0.1, 0.15) is 36.0 Å². The van der Waals surface area contributed by atoms with Crippen LogP contribution >= 0.6 is 0 Å². The van der Waals surface area contributed by atoms with E-state index in [0.717, 1.165) is 19.3 Å². The third-order valence-electron chi connectivity index (χ3n) is 5.68. The minimum Gasteiger partial charge on any atom is -0.381 e. The lowest BCUT2D eigenvalue weighted by atomic mass is 9.79. The van der Waals surface area contributed by atoms with Crippen molar-refractivity contribution in [3.8, 4) is 0 Å². The van der Waals surface area contributed by atoms with E-state index in [1.54, 1.807) is 19.1 Å². The highest BCUT2D eigenvalue weighted by molar-refractivity contribution is 5.94. The number of methoxy groups -OCH3 is 2. The summed E-state index contributed by atoms with van der Waals surface area (Å²) in [6.45, 7) is 0.554. The van der Waals surface area contributed by atoms with Gasteiger partial charge in [0.2, 0.25) is 0 Å². The highest BCUT2D eigenvalue weighted by Gasteiger charge is 2.53. The maximum Gasteiger partial charge on any atom is 0.286 e. The Hall–Kier alpha value is -2.26. The molecule has 4 rings (SSSR count). The molecule has 9 heteroatoms. The quantitative estimate of drug-likeness (QED) is 0.852. The second-order valence-corrected chi connectivity index (χ2v) is 6.67. The fraction of sp³-hybridized carbons (Fsp3) is 0.625. The number of hydrogen-bond acceptors (Lipinski definition) is 6. The molecule has 1 aliphatic heterocycles. The van der Waals surface area contributed by atoms with Crippen molar-refractivity contribution in [2.75, 3.05) is 20.8 Å². The molecule has 1 saturated heterocycles. The Morgan fingerprint density at radius 3 is 2.96 bits per heavy atom. The number of carbonyl (C=O) groups is 1. The molecule has 2 aromatic rings. The van der Waals surface area contributed by atoms with E-state index < -0.39 is 5.56 Å². The molecule has 3 heterocycles. The Bertz CT molecular complexity index is 862. The van der Waals surface area contributed by atoms with Crippen molar-refractivity contribution < 1.29 is 14.3 Å². The van der Waals surface area contributed by atoms with E-state index in [0.29, 0.717) is 13.0 Å². The van der Waals surface area contributed by atoms with Gasteiger partial charge in [-0.15, -0.1) is 0 Å². The number of rotatable bonds is 3. The molecule has 25 heavy (non-hydrogen) atoms. The van der Waals surface area contributed by atoms with Gasteiger partial charge in [-0.2, -0.15) is 4.52 Å². The van der Waals surface area contributed by atoms with Crippen LogP contribution in [0.2, 0.25) is 0 Å². The molecule has 2 aliphatic rings. The summed E-state index contributed by atoms with van der Waals surface area (Å²) in [6, 6.07) is -0.106. The van der Waals surface area contributed by atoms with Crippen molar-refractivity contribution in [1.82, 2.24) is 24.5 Å². The van der Waals surface area contributed by atoms with E-state index in [-0.39, 0.29) is 35.0 Å². The van der Waals surface area contributed by atoms with Gasteiger partial charge >= 0.3 is 0 Å². The van der Waals surface area contributed by atoms with Crippen LogP contribution in [0.4, 0.5) is 0 Å². The van der Waals surface area contributed by atoms with Gasteiger partial charge in [-0.05, 0) is 25.7 Å². The maximum atomic E-state index is 13.1. The van der Waals surface area contributed by atoms with Crippen LogP contribution in [0.25, 0.3) is 5.78 Å². The molecule has 0 bridgehead atoms. The average molecular weight is 347 g/mol. The van der Waals surface area contributed by atoms with Crippen LogP contribution in [0.15, 0.2) is 17.3 Å². The Kier molecular flexibility index (Phi) is 3.84. The lowest BCUT2D eigenvalue weighted by Gasteiger charge is -2.43. The Labute approximate surface area is 143 Å². The first-order valence-corrected chi connectivity index (χ1v) is 8.39. The SMILES string of the molecule is CO[C@H]1CC[C@]2(OC)CCN(C(=O)c3cnc4nc[nH]n4c3=O)[C@@H]2C1. The normalized spacial score (nSPS) is 29.1. The zero-order valence-electron chi connectivity index (χ0n) is 14.3. The van der Waals surface area contributed by atoms with Crippen molar-refractivity contribution in [2.45, 2.75) is 43.4 Å². The summed E-state index contributed by atoms with van der Waals surface area (Å²) in [5, 5.41) is 2.68. The number of aromatic nitrogens is 4. The molecular formula is C16H21N5O4. The van der Waals surface area contributed by atoms with Crippen LogP contribution in [0.3, 0.4) is 0 Å². The fourth-order valence-corrected chi connectivity index (χ4v) is 4.22. The van der Waals surface area contributed by atoms with Crippen LogP contribution in [0, 0.1) is 0 Å². The summed E-state index contributed by atoms with van der Waals surface area (Å²) >= 11 is 0. The summed E-state index contributed by atoms with van der Waals surface area (Å²) in [5.74, 6) is -0.0755. The molecule has 3 atom stereocenters. The molecule has 0 aromatic carbocycles. The summed E-state index contributed by atoms with van der Waals surface area (Å²) < 4.78 is 12.5. The van der Waals surface area contributed by atoms with Gasteiger partial charge in [0, 0.05) is 27.0 Å². The predicted molar refractivity (Wildman–Crippen MR) is 87.4 cm³/mol. The summed E-state index contributed by atoms with van der Waals surface area (Å²) in [4.78, 5) is 35.4. The Balaban J connectivity index is 1.69. The van der Waals surface area contributed by atoms with Crippen LogP contribution < -0.4 is 5.56 Å². The Morgan fingerprint density at radius 1 is 1.36 bits per heavy atom. The average Bonchev–Trinajstić information content (AvgIpc) is 3.26. The minimum absolute atomic E-state index is 0.0354. The van der Waals surface area contributed by atoms with Gasteiger partial charge in [0.1, 0.15) is 11.9 Å². The van der Waals surface area contributed by atoms with Gasteiger partial charge in [-0.25, -0.2) is 9.97 Å². The summed E-state index contributed by atoms with van der Waals surface area (Å²) in [5.41, 5.74) is -0.762. The van der Waals surface area contributed by atoms with E-state index in [9.17, 15) is 9.59 Å². The van der Waals surface area contributed by atoms with Gasteiger partial charge in [-0.3, -0.25) is 14.7 Å². The number of ether oxygens (including phenoxy) is 2. The predicted octanol–water partition coefficient (Wildman–Crippen LogP) is 0.216. The van der Waals surface area contributed by atoms with Crippen molar-refractivity contribution in [3.05, 3.63) is 28.4 Å². The van der Waals surface area contributed by atoms with Gasteiger partial charge in [-0.1, -0.05) is 0 Å². The first-order valence-electron chi connectivity index (χ1n) is 8.39. The molecule has 2 fully saturated rings. The standard InChI is InChI=1S/C16H21N5O4/c1-24-10-3-4-16(25-2)5-6-20(12(16)7-10)13(22)11-8-17-15-18-9-19-21(15)14(11)23/h8-10,12H,3-7H2,1-2H3,(H,17,18,19)/t10-,12+,16-/m0/s1. The molecular weight excluding hydrogens is 326 g/mol. The molecule has 134 valence electrons. The Morgan fingerprint density at radius 2 is 2.20 bits per heavy atom. The van der Waals surface area contributed by atoms with Gasteiger partial charge in [0.15, 0.2) is 0 Å².